The van der Waals surface area contributed by atoms with E-state index < -0.39 is 5.91 Å². The summed E-state index contributed by atoms with van der Waals surface area (Å²) in [7, 11) is 3.52. The first-order valence-electron chi connectivity index (χ1n) is 13.1. The maximum Gasteiger partial charge on any atom is 0.275 e. The Balaban J connectivity index is 1.48. The van der Waals surface area contributed by atoms with Gasteiger partial charge in [0.05, 0.1) is 12.8 Å². The lowest BCUT2D eigenvalue weighted by atomic mass is 10.0. The number of rotatable bonds is 6. The first-order valence-corrected chi connectivity index (χ1v) is 13.1. The molecule has 0 bridgehead atoms. The standard InChI is InChI=1S/C26H39N7O3/c1-6-17-14-31(4)22-23(33(17)18-9-7-8-10-18)29-26(27,30-24(22)34)28-20-11-16-13-32(15(2)3)25(35)19(16)12-21(20)36-5/h11-12,15,17-18,28-29H,6-10,13-14,27H2,1-5H3,(H,30,34)/t17?,26-/m1/s1. The highest BCUT2D eigenvalue weighted by atomic mass is 16.5. The maximum absolute atomic E-state index is 13.4. The number of anilines is 1. The largest absolute Gasteiger partial charge is 0.495 e. The van der Waals surface area contributed by atoms with Gasteiger partial charge in [0.1, 0.15) is 17.3 Å². The molecule has 2 amide bonds. The lowest BCUT2D eigenvalue weighted by Crippen LogP contribution is -2.76. The predicted molar refractivity (Wildman–Crippen MR) is 138 cm³/mol. The highest BCUT2D eigenvalue weighted by Crippen LogP contribution is 2.37. The van der Waals surface area contributed by atoms with Crippen molar-refractivity contribution >= 4 is 17.5 Å². The van der Waals surface area contributed by atoms with Gasteiger partial charge in [-0.05, 0) is 50.8 Å². The molecule has 2 atom stereocenters. The van der Waals surface area contributed by atoms with E-state index in [-0.39, 0.29) is 17.9 Å². The van der Waals surface area contributed by atoms with Crippen LogP contribution in [-0.4, -0.2) is 71.3 Å². The van der Waals surface area contributed by atoms with Crippen molar-refractivity contribution in [2.75, 3.05) is 26.0 Å². The van der Waals surface area contributed by atoms with Crippen molar-refractivity contribution in [1.29, 1.82) is 0 Å². The third-order valence-corrected chi connectivity index (χ3v) is 7.99. The molecule has 4 aliphatic rings. The fourth-order valence-corrected chi connectivity index (χ4v) is 6.15. The van der Waals surface area contributed by atoms with Gasteiger partial charge in [0.25, 0.3) is 11.8 Å². The Morgan fingerprint density at radius 3 is 2.58 bits per heavy atom. The van der Waals surface area contributed by atoms with E-state index in [4.69, 9.17) is 10.5 Å². The lowest BCUT2D eigenvalue weighted by molar-refractivity contribution is -0.123. The fraction of sp³-hybridized carbons (Fsp3) is 0.615. The number of likely N-dealkylation sites (N-methyl/N-ethyl adjacent to an activating group) is 1. The number of nitrogens with two attached hydrogens (primary N) is 1. The molecule has 3 heterocycles. The minimum Gasteiger partial charge on any atom is -0.495 e. The highest BCUT2D eigenvalue weighted by Gasteiger charge is 2.46. The normalized spacial score (nSPS) is 26.3. The van der Waals surface area contributed by atoms with Crippen LogP contribution in [0.3, 0.4) is 0 Å². The number of fused-ring (bicyclic) bond motifs is 1. The summed E-state index contributed by atoms with van der Waals surface area (Å²) in [6, 6.07) is 4.43. The van der Waals surface area contributed by atoms with E-state index in [0.29, 0.717) is 41.3 Å². The molecular weight excluding hydrogens is 458 g/mol. The van der Waals surface area contributed by atoms with Gasteiger partial charge in [-0.2, -0.15) is 0 Å². The second-order valence-electron chi connectivity index (χ2n) is 10.7. The molecule has 1 fully saturated rings. The van der Waals surface area contributed by atoms with Gasteiger partial charge in [-0.15, -0.1) is 0 Å². The van der Waals surface area contributed by atoms with Crippen molar-refractivity contribution in [2.24, 2.45) is 5.73 Å². The Morgan fingerprint density at radius 1 is 1.22 bits per heavy atom. The van der Waals surface area contributed by atoms with Crippen LogP contribution < -0.4 is 26.4 Å². The Morgan fingerprint density at radius 2 is 1.94 bits per heavy atom. The summed E-state index contributed by atoms with van der Waals surface area (Å²) in [6.07, 6.45) is 5.61. The molecule has 0 aromatic heterocycles. The van der Waals surface area contributed by atoms with Crippen LogP contribution in [0.15, 0.2) is 23.7 Å². The van der Waals surface area contributed by atoms with Crippen LogP contribution in [0.2, 0.25) is 0 Å². The summed E-state index contributed by atoms with van der Waals surface area (Å²) in [5.41, 5.74) is 9.55. The average Bonchev–Trinajstić information content (AvgIpc) is 3.45. The first kappa shape index (κ1) is 24.5. The molecule has 5 rings (SSSR count). The summed E-state index contributed by atoms with van der Waals surface area (Å²) in [5.74, 6) is -0.393. The van der Waals surface area contributed by atoms with Crippen LogP contribution in [0.5, 0.6) is 5.75 Å². The number of carbonyl (C=O) groups excluding carboxylic acids is 2. The molecule has 10 heteroatoms. The van der Waals surface area contributed by atoms with Crippen molar-refractivity contribution in [3.05, 3.63) is 34.8 Å². The van der Waals surface area contributed by atoms with Crippen molar-refractivity contribution in [1.82, 2.24) is 25.3 Å². The van der Waals surface area contributed by atoms with E-state index in [1.807, 2.05) is 36.8 Å². The summed E-state index contributed by atoms with van der Waals surface area (Å²) in [5, 5.41) is 9.67. The highest BCUT2D eigenvalue weighted by molar-refractivity contribution is 6.00. The number of nitrogens with one attached hydrogen (secondary N) is 3. The molecule has 196 valence electrons. The zero-order valence-electron chi connectivity index (χ0n) is 22.0. The van der Waals surface area contributed by atoms with E-state index in [9.17, 15) is 9.59 Å². The SMILES string of the molecule is CCC1CN(C)C2=C(N[C@@](N)(Nc3cc4c(cc3OC)C(=O)N(C(C)C)C4)NC2=O)N1C1CCCC1. The predicted octanol–water partition coefficient (Wildman–Crippen LogP) is 1.90. The summed E-state index contributed by atoms with van der Waals surface area (Å²) in [6.45, 7) is 7.52. The fourth-order valence-electron chi connectivity index (χ4n) is 6.15. The second kappa shape index (κ2) is 9.06. The maximum atomic E-state index is 13.4. The number of nitrogens with zero attached hydrogens (tertiary/aromatic N) is 3. The van der Waals surface area contributed by atoms with Gasteiger partial charge in [-0.25, -0.2) is 0 Å². The van der Waals surface area contributed by atoms with E-state index in [0.717, 1.165) is 37.2 Å². The third-order valence-electron chi connectivity index (χ3n) is 7.99. The van der Waals surface area contributed by atoms with Crippen LogP contribution >= 0.6 is 0 Å². The zero-order chi connectivity index (χ0) is 25.8. The van der Waals surface area contributed by atoms with Crippen molar-refractivity contribution < 1.29 is 14.3 Å². The number of hydrogen-bond acceptors (Lipinski definition) is 8. The Labute approximate surface area is 213 Å². The topological polar surface area (TPSA) is 115 Å². The molecule has 0 saturated heterocycles. The van der Waals surface area contributed by atoms with E-state index >= 15 is 0 Å². The van der Waals surface area contributed by atoms with Crippen LogP contribution in [0.1, 0.15) is 68.8 Å². The number of benzene rings is 1. The van der Waals surface area contributed by atoms with Gasteiger partial charge in [-0.3, -0.25) is 20.6 Å². The molecule has 0 radical (unpaired) electrons. The Bertz CT molecular complexity index is 1100. The van der Waals surface area contributed by atoms with Crippen LogP contribution in [0, 0.1) is 0 Å². The number of amides is 2. The van der Waals surface area contributed by atoms with Gasteiger partial charge in [0.2, 0.25) is 5.91 Å². The van der Waals surface area contributed by atoms with Crippen LogP contribution in [0.25, 0.3) is 0 Å². The smallest absolute Gasteiger partial charge is 0.275 e. The van der Waals surface area contributed by atoms with Gasteiger partial charge in [0.15, 0.2) is 0 Å². The van der Waals surface area contributed by atoms with Crippen molar-refractivity contribution in [3.8, 4) is 5.75 Å². The summed E-state index contributed by atoms with van der Waals surface area (Å²) < 4.78 is 5.63. The van der Waals surface area contributed by atoms with Gasteiger partial charge < -0.3 is 30.1 Å². The molecule has 1 aliphatic carbocycles. The third kappa shape index (κ3) is 4.01. The minimum atomic E-state index is -1.44. The molecule has 1 unspecified atom stereocenters. The second-order valence-corrected chi connectivity index (χ2v) is 10.7. The first-order chi connectivity index (χ1) is 17.2. The zero-order valence-corrected chi connectivity index (χ0v) is 22.0. The van der Waals surface area contributed by atoms with Gasteiger partial charge in [-0.1, -0.05) is 19.8 Å². The molecule has 36 heavy (non-hydrogen) atoms. The molecule has 3 aliphatic heterocycles. The summed E-state index contributed by atoms with van der Waals surface area (Å²) in [4.78, 5) is 32.5. The van der Waals surface area contributed by atoms with E-state index in [1.165, 1.54) is 12.8 Å². The molecule has 5 N–H and O–H groups in total. The molecule has 10 nitrogen and oxygen atoms in total. The lowest BCUT2D eigenvalue weighted by Gasteiger charge is -2.52. The molecule has 1 aromatic rings. The number of carbonyl (C=O) groups is 2. The van der Waals surface area contributed by atoms with Crippen molar-refractivity contribution in [2.45, 2.75) is 83.5 Å². The number of ether oxygens (including phenoxy) is 1. The molecular formula is C26H39N7O3. The monoisotopic (exact) mass is 497 g/mol. The molecule has 0 spiro atoms. The van der Waals surface area contributed by atoms with Gasteiger partial charge >= 0.3 is 0 Å². The molecule has 1 aromatic carbocycles. The van der Waals surface area contributed by atoms with Gasteiger partial charge in [0, 0.05) is 43.8 Å². The number of hydrogen-bond donors (Lipinski definition) is 4. The molecule has 1 saturated carbocycles. The Hall–Kier alpha value is -3.14. The number of methoxy groups -OCH3 is 1. The van der Waals surface area contributed by atoms with E-state index in [2.05, 4.69) is 27.8 Å². The Kier molecular flexibility index (Phi) is 6.18. The van der Waals surface area contributed by atoms with Crippen molar-refractivity contribution in [3.63, 3.8) is 0 Å². The average molecular weight is 498 g/mol. The van der Waals surface area contributed by atoms with E-state index in [1.54, 1.807) is 13.2 Å². The van der Waals surface area contributed by atoms with Crippen LogP contribution in [-0.2, 0) is 11.3 Å². The summed E-state index contributed by atoms with van der Waals surface area (Å²) >= 11 is 0. The quantitative estimate of drug-likeness (QED) is 0.441. The minimum absolute atomic E-state index is 0.00532. The van der Waals surface area contributed by atoms with Crippen LogP contribution in [0.4, 0.5) is 5.69 Å².